The number of benzene rings is 3. The van der Waals surface area contributed by atoms with Crippen molar-refractivity contribution in [3.8, 4) is 0 Å². The van der Waals surface area contributed by atoms with Gasteiger partial charge in [0.05, 0.1) is 11.9 Å². The summed E-state index contributed by atoms with van der Waals surface area (Å²) < 4.78 is 26.6. The van der Waals surface area contributed by atoms with Crippen molar-refractivity contribution in [3.05, 3.63) is 100 Å². The number of nitrogens with zero attached hydrogens (tertiary/aromatic N) is 2. The minimum Gasteiger partial charge on any atom is -0.350 e. The molecule has 0 aromatic heterocycles. The molecule has 2 amide bonds. The molecule has 0 aliphatic carbocycles. The zero-order chi connectivity index (χ0) is 28.8. The van der Waals surface area contributed by atoms with Crippen LogP contribution in [0.5, 0.6) is 0 Å². The number of carbonyl (C=O) groups excluding carboxylic acids is 2. The molecule has 208 valence electrons. The van der Waals surface area contributed by atoms with Gasteiger partial charge in [-0.3, -0.25) is 13.9 Å². The van der Waals surface area contributed by atoms with Gasteiger partial charge in [-0.1, -0.05) is 83.9 Å². The summed E-state index contributed by atoms with van der Waals surface area (Å²) in [4.78, 5) is 29.1. The van der Waals surface area contributed by atoms with Gasteiger partial charge in [-0.05, 0) is 50.1 Å². The molecule has 0 heterocycles. The summed E-state index contributed by atoms with van der Waals surface area (Å²) in [5, 5.41) is 3.45. The Bertz CT molecular complexity index is 1370. The van der Waals surface area contributed by atoms with Gasteiger partial charge in [-0.15, -0.1) is 0 Å². The minimum atomic E-state index is -3.92. The van der Waals surface area contributed by atoms with E-state index in [9.17, 15) is 18.0 Å². The summed E-state index contributed by atoms with van der Waals surface area (Å²) in [6.07, 6.45) is 1.24. The predicted octanol–water partition coefficient (Wildman–Crippen LogP) is 5.31. The molecule has 7 nitrogen and oxygen atoms in total. The number of nitrogens with one attached hydrogen (secondary N) is 1. The summed E-state index contributed by atoms with van der Waals surface area (Å²) >= 11 is 12.3. The highest BCUT2D eigenvalue weighted by atomic mass is 35.5. The molecule has 0 saturated carbocycles. The second-order valence-corrected chi connectivity index (χ2v) is 13.1. The first-order valence-electron chi connectivity index (χ1n) is 12.4. The summed E-state index contributed by atoms with van der Waals surface area (Å²) in [5.41, 5.74) is 1.26. The molecule has 39 heavy (non-hydrogen) atoms. The number of hydrogen-bond acceptors (Lipinski definition) is 4. The highest BCUT2D eigenvalue weighted by Gasteiger charge is 2.34. The van der Waals surface area contributed by atoms with Crippen molar-refractivity contribution in [1.29, 1.82) is 0 Å². The first kappa shape index (κ1) is 30.5. The molecule has 3 rings (SSSR count). The minimum absolute atomic E-state index is 0.0998. The maximum Gasteiger partial charge on any atom is 0.244 e. The Kier molecular flexibility index (Phi) is 10.0. The van der Waals surface area contributed by atoms with E-state index in [4.69, 9.17) is 23.2 Å². The lowest BCUT2D eigenvalue weighted by atomic mass is 10.0. The van der Waals surface area contributed by atoms with E-state index in [1.165, 1.54) is 23.1 Å². The van der Waals surface area contributed by atoms with Gasteiger partial charge in [-0.25, -0.2) is 8.42 Å². The Hall–Kier alpha value is -3.07. The Morgan fingerprint density at radius 3 is 1.87 bits per heavy atom. The maximum atomic E-state index is 14.0. The number of hydrogen-bond donors (Lipinski definition) is 1. The average molecular weight is 591 g/mol. The fourth-order valence-electron chi connectivity index (χ4n) is 4.08. The lowest BCUT2D eigenvalue weighted by Crippen LogP contribution is -2.56. The Morgan fingerprint density at radius 1 is 0.872 bits per heavy atom. The molecular weight excluding hydrogens is 557 g/mol. The third-order valence-corrected chi connectivity index (χ3v) is 7.36. The van der Waals surface area contributed by atoms with E-state index in [0.717, 1.165) is 21.7 Å². The Morgan fingerprint density at radius 2 is 1.38 bits per heavy atom. The highest BCUT2D eigenvalue weighted by Crippen LogP contribution is 2.27. The van der Waals surface area contributed by atoms with Gasteiger partial charge in [0.1, 0.15) is 12.6 Å². The zero-order valence-electron chi connectivity index (χ0n) is 22.4. The standard InChI is InChI=1S/C29H33Cl2N3O4S/c1-29(2,3)32-28(36)26(15-21-11-7-5-8-12-21)33(19-22-13-9-6-10-14-22)27(35)20-34(39(4,37)38)25-17-23(30)16-24(31)18-25/h5-14,16-18,26H,15,19-20H2,1-4H3,(H,32,36)/t26-/m1/s1. The summed E-state index contributed by atoms with van der Waals surface area (Å²) in [6, 6.07) is 22.1. The van der Waals surface area contributed by atoms with E-state index < -0.39 is 34.1 Å². The highest BCUT2D eigenvalue weighted by molar-refractivity contribution is 7.92. The van der Waals surface area contributed by atoms with Crippen LogP contribution in [0.1, 0.15) is 31.9 Å². The first-order valence-corrected chi connectivity index (χ1v) is 15.0. The summed E-state index contributed by atoms with van der Waals surface area (Å²) in [7, 11) is -3.92. The monoisotopic (exact) mass is 589 g/mol. The van der Waals surface area contributed by atoms with Crippen LogP contribution in [0.15, 0.2) is 78.9 Å². The van der Waals surface area contributed by atoms with Crippen LogP contribution >= 0.6 is 23.2 Å². The molecular formula is C29H33Cl2N3O4S. The number of carbonyl (C=O) groups is 2. The SMILES string of the molecule is CC(C)(C)NC(=O)[C@@H](Cc1ccccc1)N(Cc1ccccc1)C(=O)CN(c1cc(Cl)cc(Cl)c1)S(C)(=O)=O. The number of rotatable bonds is 10. The van der Waals surface area contributed by atoms with Crippen LogP contribution in [-0.4, -0.2) is 49.5 Å². The molecule has 0 saturated heterocycles. The molecule has 0 spiro atoms. The van der Waals surface area contributed by atoms with Crippen LogP contribution in [0.3, 0.4) is 0 Å². The second-order valence-electron chi connectivity index (χ2n) is 10.3. The van der Waals surface area contributed by atoms with E-state index in [0.29, 0.717) is 0 Å². The van der Waals surface area contributed by atoms with Crippen molar-refractivity contribution < 1.29 is 18.0 Å². The van der Waals surface area contributed by atoms with Gasteiger partial charge in [0.25, 0.3) is 0 Å². The number of halogens is 2. The molecule has 1 N–H and O–H groups in total. The van der Waals surface area contributed by atoms with Gasteiger partial charge < -0.3 is 10.2 Å². The quantitative estimate of drug-likeness (QED) is 0.347. The molecule has 10 heteroatoms. The topological polar surface area (TPSA) is 86.8 Å². The van der Waals surface area contributed by atoms with Crippen molar-refractivity contribution >= 4 is 50.7 Å². The molecule has 3 aromatic rings. The second kappa shape index (κ2) is 12.9. The molecule has 0 aliphatic heterocycles. The van der Waals surface area contributed by atoms with Crippen LogP contribution in [-0.2, 0) is 32.6 Å². The van der Waals surface area contributed by atoms with Gasteiger partial charge in [-0.2, -0.15) is 0 Å². The Labute approximate surface area is 240 Å². The number of sulfonamides is 1. The fourth-order valence-corrected chi connectivity index (χ4v) is 5.43. The molecule has 0 unspecified atom stereocenters. The first-order chi connectivity index (χ1) is 18.2. The van der Waals surface area contributed by atoms with Gasteiger partial charge in [0, 0.05) is 28.5 Å². The summed E-state index contributed by atoms with van der Waals surface area (Å²) in [6.45, 7) is 5.14. The summed E-state index contributed by atoms with van der Waals surface area (Å²) in [5.74, 6) is -0.891. The largest absolute Gasteiger partial charge is 0.350 e. The Balaban J connectivity index is 2.07. The van der Waals surface area contributed by atoms with Crippen LogP contribution in [0.4, 0.5) is 5.69 Å². The third kappa shape index (κ3) is 9.27. The number of amides is 2. The van der Waals surface area contributed by atoms with E-state index in [1.807, 2.05) is 81.4 Å². The fraction of sp³-hybridized carbons (Fsp3) is 0.310. The van der Waals surface area contributed by atoms with Crippen molar-refractivity contribution in [2.24, 2.45) is 0 Å². The van der Waals surface area contributed by atoms with E-state index in [1.54, 1.807) is 0 Å². The van der Waals surface area contributed by atoms with Crippen molar-refractivity contribution in [2.45, 2.75) is 45.3 Å². The molecule has 3 aromatic carbocycles. The van der Waals surface area contributed by atoms with Crippen LogP contribution < -0.4 is 9.62 Å². The molecule has 0 fully saturated rings. The lowest BCUT2D eigenvalue weighted by molar-refractivity contribution is -0.140. The van der Waals surface area contributed by atoms with E-state index >= 15 is 0 Å². The lowest BCUT2D eigenvalue weighted by Gasteiger charge is -2.35. The third-order valence-electron chi connectivity index (χ3n) is 5.78. The predicted molar refractivity (Wildman–Crippen MR) is 157 cm³/mol. The zero-order valence-corrected chi connectivity index (χ0v) is 24.7. The van der Waals surface area contributed by atoms with Crippen molar-refractivity contribution in [1.82, 2.24) is 10.2 Å². The molecule has 0 aliphatic rings. The smallest absolute Gasteiger partial charge is 0.244 e. The van der Waals surface area contributed by atoms with E-state index in [-0.39, 0.29) is 34.6 Å². The average Bonchev–Trinajstić information content (AvgIpc) is 2.83. The molecule has 0 radical (unpaired) electrons. The molecule has 0 bridgehead atoms. The van der Waals surface area contributed by atoms with Crippen molar-refractivity contribution in [2.75, 3.05) is 17.1 Å². The van der Waals surface area contributed by atoms with Crippen LogP contribution in [0.25, 0.3) is 0 Å². The van der Waals surface area contributed by atoms with Crippen LogP contribution in [0, 0.1) is 0 Å². The van der Waals surface area contributed by atoms with Gasteiger partial charge >= 0.3 is 0 Å². The molecule has 1 atom stereocenters. The van der Waals surface area contributed by atoms with Gasteiger partial charge in [0.2, 0.25) is 21.8 Å². The maximum absolute atomic E-state index is 14.0. The van der Waals surface area contributed by atoms with Crippen LogP contribution in [0.2, 0.25) is 10.0 Å². The van der Waals surface area contributed by atoms with Crippen molar-refractivity contribution in [3.63, 3.8) is 0 Å². The van der Waals surface area contributed by atoms with Gasteiger partial charge in [0.15, 0.2) is 0 Å². The number of anilines is 1. The normalized spacial score (nSPS) is 12.5. The van der Waals surface area contributed by atoms with E-state index in [2.05, 4.69) is 5.32 Å².